The van der Waals surface area contributed by atoms with E-state index in [0.29, 0.717) is 0 Å². The molecule has 0 bridgehead atoms. The summed E-state index contributed by atoms with van der Waals surface area (Å²) < 4.78 is 4.27. The summed E-state index contributed by atoms with van der Waals surface area (Å²) in [4.78, 5) is 26.2. The second-order valence-electron chi connectivity index (χ2n) is 11.2. The largest absolute Gasteiger partial charge is 0.872 e. The van der Waals surface area contributed by atoms with E-state index in [1.807, 2.05) is 72.8 Å². The number of pyridine rings is 2. The summed E-state index contributed by atoms with van der Waals surface area (Å²) in [5, 5.41) is 28.4. The Hall–Kier alpha value is -4.84. The number of fused-ring (bicyclic) bond motifs is 2. The maximum atomic E-state index is 13.1. The number of benzene rings is 2. The Morgan fingerprint density at radius 3 is 1.42 bits per heavy atom. The van der Waals surface area contributed by atoms with Crippen molar-refractivity contribution in [3.05, 3.63) is 118 Å². The molecule has 6 heteroatoms. The summed E-state index contributed by atoms with van der Waals surface area (Å²) in [7, 11) is 0. The van der Waals surface area contributed by atoms with E-state index in [1.165, 1.54) is 0 Å². The van der Waals surface area contributed by atoms with Gasteiger partial charge in [-0.1, -0.05) is 62.5 Å². The minimum atomic E-state index is -0.391. The van der Waals surface area contributed by atoms with Gasteiger partial charge in [0.25, 0.3) is 0 Å². The number of nitrogens with zero attached hydrogens (tertiary/aromatic N) is 2. The number of para-hydroxylation sites is 2. The summed E-state index contributed by atoms with van der Waals surface area (Å²) >= 11 is 0. The number of allylic oxidation sites excluding steroid dienone is 4. The number of aryl methyl sites for hydroxylation is 2. The molecule has 2 aliphatic carbocycles. The van der Waals surface area contributed by atoms with Crippen molar-refractivity contribution in [1.82, 2.24) is 0 Å². The lowest BCUT2D eigenvalue weighted by molar-refractivity contribution is -0.673. The highest BCUT2D eigenvalue weighted by Crippen LogP contribution is 2.38. The second-order valence-corrected chi connectivity index (χ2v) is 11.2. The van der Waals surface area contributed by atoms with Crippen molar-refractivity contribution in [1.29, 1.82) is 0 Å². The van der Waals surface area contributed by atoms with Gasteiger partial charge in [-0.15, -0.1) is 0 Å². The Morgan fingerprint density at radius 2 is 1.02 bits per heavy atom. The van der Waals surface area contributed by atoms with Gasteiger partial charge in [0.2, 0.25) is 22.4 Å². The highest BCUT2D eigenvalue weighted by atomic mass is 16.3. The first-order chi connectivity index (χ1) is 20.9. The van der Waals surface area contributed by atoms with Crippen molar-refractivity contribution in [3.63, 3.8) is 0 Å². The number of ketones is 2. The highest BCUT2D eigenvalue weighted by Gasteiger charge is 2.35. The lowest BCUT2D eigenvalue weighted by atomic mass is 9.77. The smallest absolute Gasteiger partial charge is 0.212 e. The summed E-state index contributed by atoms with van der Waals surface area (Å²) in [6.07, 6.45) is 7.02. The van der Waals surface area contributed by atoms with E-state index >= 15 is 0 Å². The van der Waals surface area contributed by atoms with E-state index in [9.17, 15) is 19.8 Å². The van der Waals surface area contributed by atoms with Crippen LogP contribution in [-0.4, -0.2) is 11.6 Å². The molecule has 43 heavy (non-hydrogen) atoms. The molecule has 0 N–H and O–H groups in total. The maximum Gasteiger partial charge on any atom is 0.212 e. The van der Waals surface area contributed by atoms with Crippen LogP contribution in [0.15, 0.2) is 107 Å². The normalized spacial score (nSPS) is 17.0. The molecule has 2 aromatic heterocycles. The molecule has 6 rings (SSSR count). The molecule has 2 heterocycles. The first-order valence-corrected chi connectivity index (χ1v) is 15.1. The molecule has 0 amide bonds. The first kappa shape index (κ1) is 28.3. The molecular weight excluding hydrogens is 536 g/mol. The fraction of sp³-hybridized carbons (Fsp3) is 0.243. The van der Waals surface area contributed by atoms with Crippen LogP contribution in [-0.2, 0) is 22.7 Å². The molecule has 0 saturated heterocycles. The number of aromatic nitrogens is 2. The van der Waals surface area contributed by atoms with Gasteiger partial charge in [0.1, 0.15) is 13.1 Å². The predicted molar refractivity (Wildman–Crippen MR) is 163 cm³/mol. The van der Waals surface area contributed by atoms with Crippen LogP contribution in [0.1, 0.15) is 57.3 Å². The van der Waals surface area contributed by atoms with Crippen LogP contribution in [0.3, 0.4) is 0 Å². The van der Waals surface area contributed by atoms with Gasteiger partial charge in [-0.2, -0.15) is 9.13 Å². The minimum absolute atomic E-state index is 0.00612. The summed E-state index contributed by atoms with van der Waals surface area (Å²) in [5.41, 5.74) is 3.84. The minimum Gasteiger partial charge on any atom is -0.872 e. The summed E-state index contributed by atoms with van der Waals surface area (Å²) in [5.74, 6) is -1.56. The monoisotopic (exact) mass is 570 g/mol. The van der Waals surface area contributed by atoms with Crippen molar-refractivity contribution in [2.75, 3.05) is 0 Å². The van der Waals surface area contributed by atoms with E-state index in [0.717, 1.165) is 72.0 Å². The number of Topliss-reactive ketones (excluding diaryl/α,β-unsaturated/α-hetero) is 2. The lowest BCUT2D eigenvalue weighted by Gasteiger charge is -2.35. The SMILES string of the molecule is CCCC[n+]1c(C=C2C(=O)C(CC3=C([O-])C(=Cc4ccc5ccccc5[n+]4CCCC)C3=O)=C2[O-])ccc2ccccc21. The number of rotatable bonds is 10. The Morgan fingerprint density at radius 1 is 0.605 bits per heavy atom. The van der Waals surface area contributed by atoms with Gasteiger partial charge >= 0.3 is 0 Å². The third-order valence-electron chi connectivity index (χ3n) is 8.43. The van der Waals surface area contributed by atoms with Crippen LogP contribution in [0.5, 0.6) is 0 Å². The van der Waals surface area contributed by atoms with Crippen molar-refractivity contribution in [3.8, 4) is 0 Å². The van der Waals surface area contributed by atoms with Gasteiger partial charge in [-0.3, -0.25) is 9.59 Å². The molecule has 0 radical (unpaired) electrons. The van der Waals surface area contributed by atoms with E-state index in [2.05, 4.69) is 23.0 Å². The van der Waals surface area contributed by atoms with Crippen molar-refractivity contribution >= 4 is 45.5 Å². The molecule has 4 aromatic rings. The molecule has 2 aliphatic rings. The van der Waals surface area contributed by atoms with E-state index in [1.54, 1.807) is 12.2 Å². The zero-order valence-electron chi connectivity index (χ0n) is 24.6. The maximum absolute atomic E-state index is 13.1. The van der Waals surface area contributed by atoms with Crippen LogP contribution in [0.4, 0.5) is 0 Å². The van der Waals surface area contributed by atoms with Gasteiger partial charge < -0.3 is 10.2 Å². The number of carbonyl (C=O) groups excluding carboxylic acids is 2. The third-order valence-corrected chi connectivity index (χ3v) is 8.43. The summed E-state index contributed by atoms with van der Waals surface area (Å²) in [6.45, 7) is 5.78. The number of hydrogen-bond acceptors (Lipinski definition) is 4. The lowest BCUT2D eigenvalue weighted by Crippen LogP contribution is -2.40. The molecular formula is C37H34N2O4. The Bertz CT molecular complexity index is 1790. The van der Waals surface area contributed by atoms with Crippen molar-refractivity contribution < 1.29 is 28.9 Å². The standard InChI is InChI=1S/C37H34N2O4/c1-3-5-19-38-26(17-15-24-11-7-9-13-32(24)38)21-28-34(40)30(35(28)41)23-31-36(42)29(37(31)43)22-27-18-16-25-12-8-10-14-33(25)39(27)20-6-4-2/h7-18,21-22H,3-6,19-20,23H2,1-2H3. The topological polar surface area (TPSA) is 88.0 Å². The molecule has 0 unspecified atom stereocenters. The fourth-order valence-corrected chi connectivity index (χ4v) is 5.93. The molecule has 2 aromatic carbocycles. The van der Waals surface area contributed by atoms with Crippen LogP contribution in [0.2, 0.25) is 0 Å². The number of unbranched alkanes of at least 4 members (excludes halogenated alkanes) is 2. The molecule has 0 aliphatic heterocycles. The van der Waals surface area contributed by atoms with Gasteiger partial charge in [0.05, 0.1) is 0 Å². The van der Waals surface area contributed by atoms with Crippen LogP contribution >= 0.6 is 0 Å². The summed E-state index contributed by atoms with van der Waals surface area (Å²) in [6, 6.07) is 23.9. The highest BCUT2D eigenvalue weighted by molar-refractivity contribution is 6.25. The average Bonchev–Trinajstić information content (AvgIpc) is 3.04. The Kier molecular flexibility index (Phi) is 7.76. The quantitative estimate of drug-likeness (QED) is 0.209. The molecule has 0 atom stereocenters. The van der Waals surface area contributed by atoms with Gasteiger partial charge in [-0.05, 0) is 35.4 Å². The fourth-order valence-electron chi connectivity index (χ4n) is 5.93. The van der Waals surface area contributed by atoms with E-state index < -0.39 is 23.1 Å². The number of carbonyl (C=O) groups is 2. The first-order valence-electron chi connectivity index (χ1n) is 15.1. The molecule has 0 fully saturated rings. The van der Waals surface area contributed by atoms with Crippen LogP contribution < -0.4 is 19.3 Å². The third kappa shape index (κ3) is 5.07. The average molecular weight is 571 g/mol. The van der Waals surface area contributed by atoms with Gasteiger partial charge in [0, 0.05) is 77.6 Å². The Balaban J connectivity index is 1.29. The van der Waals surface area contributed by atoms with Crippen molar-refractivity contribution in [2.45, 2.75) is 59.0 Å². The zero-order valence-corrected chi connectivity index (χ0v) is 24.6. The predicted octanol–water partition coefficient (Wildman–Crippen LogP) is 4.42. The van der Waals surface area contributed by atoms with Crippen LogP contribution in [0.25, 0.3) is 34.0 Å². The molecule has 6 nitrogen and oxygen atoms in total. The van der Waals surface area contributed by atoms with Gasteiger partial charge in [0.15, 0.2) is 11.6 Å². The zero-order chi connectivity index (χ0) is 30.1. The number of hydrogen-bond donors (Lipinski definition) is 0. The van der Waals surface area contributed by atoms with Crippen molar-refractivity contribution in [2.24, 2.45) is 0 Å². The van der Waals surface area contributed by atoms with Crippen LogP contribution in [0, 0.1) is 0 Å². The van der Waals surface area contributed by atoms with Gasteiger partial charge in [-0.25, -0.2) is 0 Å². The van der Waals surface area contributed by atoms with E-state index in [-0.39, 0.29) is 28.7 Å². The molecule has 0 spiro atoms. The molecule has 216 valence electrons. The Labute approximate surface area is 251 Å². The second kappa shape index (κ2) is 11.8. The van der Waals surface area contributed by atoms with E-state index in [4.69, 9.17) is 0 Å². The molecule has 0 saturated carbocycles.